The minimum absolute atomic E-state index is 0.785. The fourth-order valence-corrected chi connectivity index (χ4v) is 3.53. The Balaban J connectivity index is 1.67. The Labute approximate surface area is 107 Å². The van der Waals surface area contributed by atoms with Gasteiger partial charge in [0.05, 0.1) is 5.69 Å². The summed E-state index contributed by atoms with van der Waals surface area (Å²) in [5.74, 6) is 0. The second-order valence-electron chi connectivity index (χ2n) is 5.50. The van der Waals surface area contributed by atoms with Gasteiger partial charge in [-0.05, 0) is 25.5 Å². The van der Waals surface area contributed by atoms with E-state index in [4.69, 9.17) is 0 Å². The molecule has 3 heterocycles. The molecule has 0 aliphatic carbocycles. The first kappa shape index (κ1) is 10.4. The van der Waals surface area contributed by atoms with Crippen molar-refractivity contribution in [3.05, 3.63) is 30.5 Å². The molecule has 2 saturated heterocycles. The minimum atomic E-state index is 0.785. The van der Waals surface area contributed by atoms with Crippen LogP contribution in [0.1, 0.15) is 12.8 Å². The number of aromatic nitrogens is 1. The van der Waals surface area contributed by atoms with Crippen LogP contribution in [-0.2, 0) is 0 Å². The predicted octanol–water partition coefficient (Wildman–Crippen LogP) is 2.45. The summed E-state index contributed by atoms with van der Waals surface area (Å²) in [6.07, 6.45) is 4.93. The van der Waals surface area contributed by atoms with Gasteiger partial charge in [-0.25, -0.2) is 0 Å². The Kier molecular flexibility index (Phi) is 2.33. The first-order valence-corrected chi connectivity index (χ1v) is 6.97. The van der Waals surface area contributed by atoms with E-state index >= 15 is 0 Å². The van der Waals surface area contributed by atoms with Crippen molar-refractivity contribution in [3.63, 3.8) is 0 Å². The maximum atomic E-state index is 3.39. The van der Waals surface area contributed by atoms with E-state index in [1.54, 1.807) is 0 Å². The molecule has 2 aromatic rings. The fraction of sp³-hybridized carbons (Fsp3) is 0.467. The first-order chi connectivity index (χ1) is 8.92. The molecule has 2 fully saturated rings. The van der Waals surface area contributed by atoms with E-state index in [1.807, 2.05) is 0 Å². The number of hydrogen-bond acceptors (Lipinski definition) is 2. The molecule has 1 atom stereocenters. The molecule has 0 bridgehead atoms. The average molecular weight is 241 g/mol. The summed E-state index contributed by atoms with van der Waals surface area (Å²) < 4.78 is 0. The maximum Gasteiger partial charge on any atom is 0.0624 e. The minimum Gasteiger partial charge on any atom is -0.367 e. The number of benzene rings is 1. The number of hydrogen-bond donors (Lipinski definition) is 1. The van der Waals surface area contributed by atoms with Crippen molar-refractivity contribution in [1.82, 2.24) is 9.88 Å². The van der Waals surface area contributed by atoms with Crippen molar-refractivity contribution >= 4 is 16.6 Å². The zero-order valence-corrected chi connectivity index (χ0v) is 10.6. The normalized spacial score (nSPS) is 24.7. The zero-order chi connectivity index (χ0) is 11.9. The Hall–Kier alpha value is -1.48. The van der Waals surface area contributed by atoms with Gasteiger partial charge in [0.25, 0.3) is 0 Å². The van der Waals surface area contributed by atoms with Crippen LogP contribution in [-0.4, -0.2) is 42.1 Å². The Morgan fingerprint density at radius 3 is 3.06 bits per heavy atom. The van der Waals surface area contributed by atoms with Crippen LogP contribution < -0.4 is 4.90 Å². The van der Waals surface area contributed by atoms with E-state index in [1.165, 1.54) is 55.6 Å². The maximum absolute atomic E-state index is 3.39. The van der Waals surface area contributed by atoms with Gasteiger partial charge >= 0.3 is 0 Å². The molecule has 1 aromatic carbocycles. The summed E-state index contributed by atoms with van der Waals surface area (Å²) in [7, 11) is 0. The van der Waals surface area contributed by atoms with E-state index in [0.717, 1.165) is 6.04 Å². The number of nitrogens with one attached hydrogen (secondary N) is 1. The monoisotopic (exact) mass is 241 g/mol. The number of anilines is 1. The van der Waals surface area contributed by atoms with Crippen LogP contribution in [0, 0.1) is 0 Å². The lowest BCUT2D eigenvalue weighted by Gasteiger charge is -2.38. The third kappa shape index (κ3) is 1.54. The molecule has 0 amide bonds. The van der Waals surface area contributed by atoms with E-state index in [2.05, 4.69) is 45.2 Å². The molecule has 18 heavy (non-hydrogen) atoms. The van der Waals surface area contributed by atoms with Crippen molar-refractivity contribution in [2.75, 3.05) is 31.1 Å². The molecule has 1 aromatic heterocycles. The molecular formula is C15H19N3. The third-order valence-corrected chi connectivity index (χ3v) is 4.50. The summed E-state index contributed by atoms with van der Waals surface area (Å²) in [5.41, 5.74) is 2.64. The van der Waals surface area contributed by atoms with Crippen LogP contribution in [0.3, 0.4) is 0 Å². The van der Waals surface area contributed by atoms with Crippen LogP contribution in [0.4, 0.5) is 5.69 Å². The molecule has 0 spiro atoms. The smallest absolute Gasteiger partial charge is 0.0624 e. The summed E-state index contributed by atoms with van der Waals surface area (Å²) in [5, 5.41) is 1.36. The van der Waals surface area contributed by atoms with Crippen LogP contribution in [0.15, 0.2) is 30.5 Å². The van der Waals surface area contributed by atoms with Gasteiger partial charge in [0, 0.05) is 42.8 Å². The summed E-state index contributed by atoms with van der Waals surface area (Å²) in [4.78, 5) is 8.61. The number of H-pyrrole nitrogens is 1. The highest BCUT2D eigenvalue weighted by molar-refractivity contribution is 5.92. The first-order valence-electron chi connectivity index (χ1n) is 6.97. The fourth-order valence-electron chi connectivity index (χ4n) is 3.53. The molecule has 3 heteroatoms. The lowest BCUT2D eigenvalue weighted by Crippen LogP contribution is -2.50. The molecule has 2 aliphatic heterocycles. The van der Waals surface area contributed by atoms with Crippen LogP contribution in [0.5, 0.6) is 0 Å². The van der Waals surface area contributed by atoms with Crippen LogP contribution in [0.25, 0.3) is 10.9 Å². The number of piperazine rings is 1. The van der Waals surface area contributed by atoms with Crippen LogP contribution >= 0.6 is 0 Å². The van der Waals surface area contributed by atoms with Gasteiger partial charge in [-0.15, -0.1) is 0 Å². The predicted molar refractivity (Wildman–Crippen MR) is 75.1 cm³/mol. The highest BCUT2D eigenvalue weighted by atomic mass is 15.3. The van der Waals surface area contributed by atoms with Crippen molar-refractivity contribution in [3.8, 4) is 0 Å². The lowest BCUT2D eigenvalue weighted by atomic mass is 10.1. The van der Waals surface area contributed by atoms with Crippen molar-refractivity contribution in [1.29, 1.82) is 0 Å². The van der Waals surface area contributed by atoms with Gasteiger partial charge in [0.1, 0.15) is 0 Å². The number of nitrogens with zero attached hydrogens (tertiary/aromatic N) is 2. The SMILES string of the molecule is c1ccc2c(N3CCN4CCC[C@H]4C3)c[nH]c2c1. The molecule has 0 unspecified atom stereocenters. The van der Waals surface area contributed by atoms with E-state index in [0.29, 0.717) is 0 Å². The average Bonchev–Trinajstić information content (AvgIpc) is 3.04. The zero-order valence-electron chi connectivity index (χ0n) is 10.6. The van der Waals surface area contributed by atoms with Crippen molar-refractivity contribution < 1.29 is 0 Å². The second-order valence-corrected chi connectivity index (χ2v) is 5.50. The van der Waals surface area contributed by atoms with E-state index < -0.39 is 0 Å². The summed E-state index contributed by atoms with van der Waals surface area (Å²) in [6, 6.07) is 9.39. The summed E-state index contributed by atoms with van der Waals surface area (Å²) >= 11 is 0. The Morgan fingerprint density at radius 2 is 2.06 bits per heavy atom. The van der Waals surface area contributed by atoms with Gasteiger partial charge in [-0.2, -0.15) is 0 Å². The van der Waals surface area contributed by atoms with Crippen molar-refractivity contribution in [2.45, 2.75) is 18.9 Å². The topological polar surface area (TPSA) is 22.3 Å². The van der Waals surface area contributed by atoms with Gasteiger partial charge in [0.2, 0.25) is 0 Å². The van der Waals surface area contributed by atoms with Gasteiger partial charge < -0.3 is 9.88 Å². The van der Waals surface area contributed by atoms with Crippen molar-refractivity contribution in [2.24, 2.45) is 0 Å². The molecular weight excluding hydrogens is 222 g/mol. The number of para-hydroxylation sites is 1. The Bertz CT molecular complexity index is 560. The highest BCUT2D eigenvalue weighted by Gasteiger charge is 2.31. The molecule has 1 N–H and O–H groups in total. The molecule has 4 rings (SSSR count). The van der Waals surface area contributed by atoms with Crippen LogP contribution in [0.2, 0.25) is 0 Å². The highest BCUT2D eigenvalue weighted by Crippen LogP contribution is 2.30. The van der Waals surface area contributed by atoms with E-state index in [-0.39, 0.29) is 0 Å². The Morgan fingerprint density at radius 1 is 1.11 bits per heavy atom. The standard InChI is InChI=1S/C15H19N3/c1-2-6-14-13(5-1)15(10-16-14)18-9-8-17-7-3-4-12(17)11-18/h1-2,5-6,10,12,16H,3-4,7-9,11H2/t12-/m0/s1. The summed E-state index contributed by atoms with van der Waals surface area (Å²) in [6.45, 7) is 4.90. The van der Waals surface area contributed by atoms with Gasteiger partial charge in [-0.3, -0.25) is 4.90 Å². The van der Waals surface area contributed by atoms with E-state index in [9.17, 15) is 0 Å². The molecule has 94 valence electrons. The quantitative estimate of drug-likeness (QED) is 0.828. The third-order valence-electron chi connectivity index (χ3n) is 4.50. The van der Waals surface area contributed by atoms with Gasteiger partial charge in [0.15, 0.2) is 0 Å². The second kappa shape index (κ2) is 4.02. The molecule has 3 nitrogen and oxygen atoms in total. The molecule has 0 saturated carbocycles. The lowest BCUT2D eigenvalue weighted by molar-refractivity contribution is 0.231. The van der Waals surface area contributed by atoms with Gasteiger partial charge in [-0.1, -0.05) is 18.2 Å². The number of fused-ring (bicyclic) bond motifs is 2. The largest absolute Gasteiger partial charge is 0.367 e. The number of aromatic amines is 1. The molecule has 0 radical (unpaired) electrons. The number of rotatable bonds is 1. The molecule has 2 aliphatic rings.